The summed E-state index contributed by atoms with van der Waals surface area (Å²) in [7, 11) is 0. The van der Waals surface area contributed by atoms with Crippen LogP contribution in [0.25, 0.3) is 22.5 Å². The van der Waals surface area contributed by atoms with Crippen molar-refractivity contribution in [3.05, 3.63) is 84.5 Å². The van der Waals surface area contributed by atoms with Crippen molar-refractivity contribution >= 4 is 5.69 Å². The van der Waals surface area contributed by atoms with Gasteiger partial charge in [-0.05, 0) is 29.3 Å². The van der Waals surface area contributed by atoms with E-state index in [9.17, 15) is 13.2 Å². The van der Waals surface area contributed by atoms with E-state index in [0.717, 1.165) is 22.4 Å². The van der Waals surface area contributed by atoms with Crippen LogP contribution in [0.3, 0.4) is 0 Å². The average Bonchev–Trinajstić information content (AvgIpc) is 3.24. The van der Waals surface area contributed by atoms with Crippen LogP contribution in [-0.4, -0.2) is 15.1 Å². The topological polar surface area (TPSA) is 63.8 Å². The number of rotatable bonds is 5. The van der Waals surface area contributed by atoms with E-state index in [-0.39, 0.29) is 5.82 Å². The summed E-state index contributed by atoms with van der Waals surface area (Å²) >= 11 is 0. The molecule has 0 fully saturated rings. The van der Waals surface area contributed by atoms with Crippen molar-refractivity contribution in [2.75, 3.05) is 5.32 Å². The Kier molecular flexibility index (Phi) is 4.99. The number of nitrogens with zero attached hydrogens (tertiary/aromatic N) is 3. The molecule has 5 nitrogen and oxygen atoms in total. The molecule has 2 heterocycles. The van der Waals surface area contributed by atoms with Crippen LogP contribution in [0.5, 0.6) is 0 Å². The fraction of sp³-hybridized carbons (Fsp3) is 0.0952. The fourth-order valence-corrected chi connectivity index (χ4v) is 2.77. The van der Waals surface area contributed by atoms with Gasteiger partial charge in [-0.15, -0.1) is 0 Å². The second kappa shape index (κ2) is 7.75. The van der Waals surface area contributed by atoms with Gasteiger partial charge in [-0.2, -0.15) is 18.2 Å². The Labute approximate surface area is 164 Å². The van der Waals surface area contributed by atoms with E-state index >= 15 is 0 Å². The van der Waals surface area contributed by atoms with Gasteiger partial charge in [-0.1, -0.05) is 47.6 Å². The van der Waals surface area contributed by atoms with Crippen molar-refractivity contribution in [1.29, 1.82) is 0 Å². The zero-order chi connectivity index (χ0) is 20.3. The Morgan fingerprint density at radius 2 is 1.69 bits per heavy atom. The number of aromatic nitrogens is 3. The highest BCUT2D eigenvalue weighted by molar-refractivity contribution is 5.67. The third-order valence-corrected chi connectivity index (χ3v) is 4.23. The van der Waals surface area contributed by atoms with Crippen molar-refractivity contribution in [2.45, 2.75) is 12.7 Å². The molecule has 0 saturated carbocycles. The minimum absolute atomic E-state index is 0.0963. The largest absolute Gasteiger partial charge is 0.471 e. The maximum Gasteiger partial charge on any atom is 0.471 e. The van der Waals surface area contributed by atoms with E-state index in [4.69, 9.17) is 0 Å². The minimum Gasteiger partial charge on any atom is -0.381 e. The van der Waals surface area contributed by atoms with Crippen LogP contribution in [-0.2, 0) is 12.7 Å². The molecule has 0 unspecified atom stereocenters. The lowest BCUT2D eigenvalue weighted by atomic mass is 10.1. The first-order chi connectivity index (χ1) is 14.0. The highest BCUT2D eigenvalue weighted by Gasteiger charge is 2.38. The van der Waals surface area contributed by atoms with Gasteiger partial charge in [0.25, 0.3) is 0 Å². The molecule has 29 heavy (non-hydrogen) atoms. The van der Waals surface area contributed by atoms with Crippen molar-refractivity contribution in [3.8, 4) is 22.5 Å². The fourth-order valence-electron chi connectivity index (χ4n) is 2.77. The first kappa shape index (κ1) is 18.7. The van der Waals surface area contributed by atoms with Crippen molar-refractivity contribution < 1.29 is 17.7 Å². The Bertz CT molecular complexity index is 1090. The average molecular weight is 396 g/mol. The van der Waals surface area contributed by atoms with Gasteiger partial charge in [0.2, 0.25) is 5.82 Å². The number of pyridine rings is 1. The standard InChI is InChI=1S/C21H15F3N4O/c22-21(23,24)20-27-19(28-29-20)15-8-6-14(7-9-15)12-26-18-5-1-3-16(11-18)17-4-2-10-25-13-17/h1-11,13,26H,12H2. The van der Waals surface area contributed by atoms with Crippen LogP contribution in [0.1, 0.15) is 11.5 Å². The Balaban J connectivity index is 1.43. The smallest absolute Gasteiger partial charge is 0.381 e. The van der Waals surface area contributed by atoms with E-state index in [2.05, 4.69) is 25.0 Å². The second-order valence-electron chi connectivity index (χ2n) is 6.29. The molecular weight excluding hydrogens is 381 g/mol. The lowest BCUT2D eigenvalue weighted by molar-refractivity contribution is -0.159. The van der Waals surface area contributed by atoms with Gasteiger partial charge in [-0.3, -0.25) is 4.98 Å². The van der Waals surface area contributed by atoms with Gasteiger partial charge < -0.3 is 9.84 Å². The molecule has 1 N–H and O–H groups in total. The van der Waals surface area contributed by atoms with Gasteiger partial charge in [0.1, 0.15) is 0 Å². The molecule has 0 aliphatic carbocycles. The molecule has 4 aromatic rings. The molecular formula is C21H15F3N4O. The van der Waals surface area contributed by atoms with Gasteiger partial charge in [0.05, 0.1) is 0 Å². The number of hydrogen-bond acceptors (Lipinski definition) is 5. The van der Waals surface area contributed by atoms with Gasteiger partial charge in [0.15, 0.2) is 0 Å². The molecule has 4 rings (SSSR count). The molecule has 0 atom stereocenters. The molecule has 8 heteroatoms. The molecule has 146 valence electrons. The molecule has 0 aliphatic rings. The summed E-state index contributed by atoms with van der Waals surface area (Å²) in [5, 5.41) is 6.72. The summed E-state index contributed by atoms with van der Waals surface area (Å²) < 4.78 is 42.0. The normalized spacial score (nSPS) is 11.4. The van der Waals surface area contributed by atoms with Gasteiger partial charge in [0, 0.05) is 35.8 Å². The molecule has 0 aliphatic heterocycles. The highest BCUT2D eigenvalue weighted by Crippen LogP contribution is 2.29. The summed E-state index contributed by atoms with van der Waals surface area (Å²) in [5.41, 5.74) is 4.44. The maximum atomic E-state index is 12.6. The van der Waals surface area contributed by atoms with Crippen LogP contribution >= 0.6 is 0 Å². The predicted molar refractivity (Wildman–Crippen MR) is 102 cm³/mol. The number of alkyl halides is 3. The van der Waals surface area contributed by atoms with E-state index < -0.39 is 12.1 Å². The lowest BCUT2D eigenvalue weighted by Gasteiger charge is -2.09. The number of nitrogens with one attached hydrogen (secondary N) is 1. The third kappa shape index (κ3) is 4.43. The lowest BCUT2D eigenvalue weighted by Crippen LogP contribution is -2.04. The van der Waals surface area contributed by atoms with E-state index in [1.165, 1.54) is 0 Å². The number of hydrogen-bond donors (Lipinski definition) is 1. The molecule has 0 spiro atoms. The van der Waals surface area contributed by atoms with Crippen LogP contribution in [0.15, 0.2) is 77.6 Å². The minimum atomic E-state index is -4.65. The first-order valence-electron chi connectivity index (χ1n) is 8.73. The molecule has 0 saturated heterocycles. The Morgan fingerprint density at radius 3 is 2.38 bits per heavy atom. The maximum absolute atomic E-state index is 12.6. The van der Waals surface area contributed by atoms with Crippen LogP contribution < -0.4 is 5.32 Å². The molecule has 0 amide bonds. The highest BCUT2D eigenvalue weighted by atomic mass is 19.4. The molecule has 0 radical (unpaired) electrons. The van der Waals surface area contributed by atoms with Crippen molar-refractivity contribution in [1.82, 2.24) is 15.1 Å². The SMILES string of the molecule is FC(F)(F)c1nc(-c2ccc(CNc3cccc(-c4cccnc4)c3)cc2)no1. The van der Waals surface area contributed by atoms with E-state index in [0.29, 0.717) is 12.1 Å². The number of halogens is 3. The van der Waals surface area contributed by atoms with Crippen LogP contribution in [0.2, 0.25) is 0 Å². The molecule has 2 aromatic heterocycles. The summed E-state index contributed by atoms with van der Waals surface area (Å²) in [5.74, 6) is -1.45. The zero-order valence-electron chi connectivity index (χ0n) is 15.0. The van der Waals surface area contributed by atoms with Gasteiger partial charge in [-0.25, -0.2) is 0 Å². The Hall–Kier alpha value is -3.68. The van der Waals surface area contributed by atoms with Gasteiger partial charge >= 0.3 is 12.1 Å². The summed E-state index contributed by atoms with van der Waals surface area (Å²) in [6.45, 7) is 0.552. The number of benzene rings is 2. The van der Waals surface area contributed by atoms with Crippen LogP contribution in [0.4, 0.5) is 18.9 Å². The van der Waals surface area contributed by atoms with E-state index in [1.807, 2.05) is 36.4 Å². The summed E-state index contributed by atoms with van der Waals surface area (Å²) in [6.07, 6.45) is -1.12. The van der Waals surface area contributed by atoms with Crippen molar-refractivity contribution in [2.24, 2.45) is 0 Å². The first-order valence-corrected chi connectivity index (χ1v) is 8.73. The molecule has 0 bridgehead atoms. The monoisotopic (exact) mass is 396 g/mol. The zero-order valence-corrected chi connectivity index (χ0v) is 15.0. The Morgan fingerprint density at radius 1 is 0.897 bits per heavy atom. The quantitative estimate of drug-likeness (QED) is 0.487. The summed E-state index contributed by atoms with van der Waals surface area (Å²) in [4.78, 5) is 7.52. The second-order valence-corrected chi connectivity index (χ2v) is 6.29. The third-order valence-electron chi connectivity index (χ3n) is 4.23. The van der Waals surface area contributed by atoms with Crippen LogP contribution in [0, 0.1) is 0 Å². The van der Waals surface area contributed by atoms with Crippen molar-refractivity contribution in [3.63, 3.8) is 0 Å². The molecule has 2 aromatic carbocycles. The predicted octanol–water partition coefficient (Wildman–Crippen LogP) is 5.43. The number of anilines is 1. The summed E-state index contributed by atoms with van der Waals surface area (Å²) in [6, 6.07) is 18.8. The van der Waals surface area contributed by atoms with E-state index in [1.54, 1.807) is 36.7 Å².